The van der Waals surface area contributed by atoms with Gasteiger partial charge in [0.05, 0.1) is 6.17 Å². The highest BCUT2D eigenvalue weighted by Crippen LogP contribution is 2.22. The van der Waals surface area contributed by atoms with Gasteiger partial charge in [-0.15, -0.1) is 0 Å². The van der Waals surface area contributed by atoms with Gasteiger partial charge in [0.1, 0.15) is 0 Å². The first kappa shape index (κ1) is 18.1. The lowest BCUT2D eigenvalue weighted by Crippen LogP contribution is -2.54. The van der Waals surface area contributed by atoms with Gasteiger partial charge in [-0.25, -0.2) is 0 Å². The highest BCUT2D eigenvalue weighted by molar-refractivity contribution is 6.60. The summed E-state index contributed by atoms with van der Waals surface area (Å²) in [6.45, 7) is 14.6. The van der Waals surface area contributed by atoms with Crippen molar-refractivity contribution in [2.24, 2.45) is 23.5 Å². The van der Waals surface area contributed by atoms with Crippen LogP contribution in [0.15, 0.2) is 0 Å². The van der Waals surface area contributed by atoms with Gasteiger partial charge in [-0.05, 0) is 31.6 Å². The van der Waals surface area contributed by atoms with Gasteiger partial charge in [-0.3, -0.25) is 0 Å². The fourth-order valence-corrected chi connectivity index (χ4v) is 4.05. The van der Waals surface area contributed by atoms with Gasteiger partial charge in [0, 0.05) is 19.8 Å². The van der Waals surface area contributed by atoms with E-state index in [-0.39, 0.29) is 0 Å². The summed E-state index contributed by atoms with van der Waals surface area (Å²) in [5.74, 6) is 1.67. The molecule has 0 aromatic heterocycles. The Hall–Kier alpha value is 0.0569. The van der Waals surface area contributed by atoms with Crippen molar-refractivity contribution in [3.63, 3.8) is 0 Å². The smallest absolute Gasteiger partial charge is 0.373 e. The Kier molecular flexibility index (Phi) is 9.07. The minimum Gasteiger partial charge on any atom is -0.373 e. The highest BCUT2D eigenvalue weighted by Gasteiger charge is 2.40. The zero-order valence-corrected chi connectivity index (χ0v) is 13.9. The molecule has 0 radical (unpaired) electrons. The summed E-state index contributed by atoms with van der Waals surface area (Å²) in [5.41, 5.74) is 5.81. The van der Waals surface area contributed by atoms with Crippen LogP contribution in [0, 0.1) is 17.8 Å². The van der Waals surface area contributed by atoms with Crippen molar-refractivity contribution in [1.29, 1.82) is 0 Å². The first-order valence-corrected chi connectivity index (χ1v) is 8.97. The number of rotatable bonds is 10. The molecule has 0 saturated heterocycles. The van der Waals surface area contributed by atoms with Crippen molar-refractivity contribution < 1.29 is 13.3 Å². The maximum absolute atomic E-state index is 6.01. The standard InChI is InChI=1S/C13H31NO3Si/c1-7-15-18(10-14,16-8-2)17-9-13(11(3)4)12(5)6/h11-13H,7-10,14H2,1-6H3. The van der Waals surface area contributed by atoms with Crippen LogP contribution in [0.1, 0.15) is 41.5 Å². The van der Waals surface area contributed by atoms with Crippen molar-refractivity contribution in [1.82, 2.24) is 0 Å². The molecule has 0 aliphatic rings. The third-order valence-corrected chi connectivity index (χ3v) is 5.75. The van der Waals surface area contributed by atoms with E-state index in [1.54, 1.807) is 0 Å². The number of hydrogen-bond acceptors (Lipinski definition) is 4. The first-order valence-electron chi connectivity index (χ1n) is 7.04. The number of hydrogen-bond donors (Lipinski definition) is 1. The van der Waals surface area contributed by atoms with E-state index in [2.05, 4.69) is 27.7 Å². The van der Waals surface area contributed by atoms with E-state index in [0.29, 0.717) is 43.7 Å². The van der Waals surface area contributed by atoms with E-state index in [1.807, 2.05) is 13.8 Å². The average molecular weight is 277 g/mol. The quantitative estimate of drug-likeness (QED) is 0.623. The molecular formula is C13H31NO3Si. The van der Waals surface area contributed by atoms with Crippen LogP contribution in [0.25, 0.3) is 0 Å². The maximum atomic E-state index is 6.01. The van der Waals surface area contributed by atoms with Gasteiger partial charge >= 0.3 is 8.80 Å². The highest BCUT2D eigenvalue weighted by atomic mass is 28.4. The van der Waals surface area contributed by atoms with Gasteiger partial charge in [-0.1, -0.05) is 27.7 Å². The summed E-state index contributed by atoms with van der Waals surface area (Å²) in [5, 5.41) is 0. The van der Waals surface area contributed by atoms with Crippen LogP contribution >= 0.6 is 0 Å². The van der Waals surface area contributed by atoms with Crippen LogP contribution in [0.4, 0.5) is 0 Å². The lowest BCUT2D eigenvalue weighted by Gasteiger charge is -2.32. The molecule has 5 heteroatoms. The lowest BCUT2D eigenvalue weighted by atomic mass is 9.86. The Bertz CT molecular complexity index is 198. The van der Waals surface area contributed by atoms with Gasteiger partial charge < -0.3 is 19.0 Å². The summed E-state index contributed by atoms with van der Waals surface area (Å²) in [6.07, 6.45) is 0.345. The fourth-order valence-electron chi connectivity index (χ4n) is 2.12. The number of nitrogens with two attached hydrogens (primary N) is 1. The summed E-state index contributed by atoms with van der Waals surface area (Å²) in [6, 6.07) is 0. The van der Waals surface area contributed by atoms with Crippen molar-refractivity contribution in [2.45, 2.75) is 41.5 Å². The summed E-state index contributed by atoms with van der Waals surface area (Å²) < 4.78 is 17.4. The SMILES string of the molecule is CCO[Si](CN)(OCC)OCC(C(C)C)C(C)C. The predicted molar refractivity (Wildman–Crippen MR) is 77.2 cm³/mol. The van der Waals surface area contributed by atoms with Crippen molar-refractivity contribution in [3.05, 3.63) is 0 Å². The molecule has 2 N–H and O–H groups in total. The Labute approximate surface area is 114 Å². The molecule has 0 heterocycles. The summed E-state index contributed by atoms with van der Waals surface area (Å²) in [4.78, 5) is 0. The molecule has 0 fully saturated rings. The average Bonchev–Trinajstić information content (AvgIpc) is 2.28. The summed E-state index contributed by atoms with van der Waals surface area (Å²) in [7, 11) is -2.65. The van der Waals surface area contributed by atoms with E-state index < -0.39 is 8.80 Å². The van der Waals surface area contributed by atoms with E-state index in [0.717, 1.165) is 0 Å². The minimum absolute atomic E-state index is 0.345. The molecule has 0 bridgehead atoms. The van der Waals surface area contributed by atoms with Crippen LogP contribution < -0.4 is 5.73 Å². The predicted octanol–water partition coefficient (Wildman–Crippen LogP) is 2.44. The fraction of sp³-hybridized carbons (Fsp3) is 1.00. The monoisotopic (exact) mass is 277 g/mol. The Morgan fingerprint density at radius 1 is 0.889 bits per heavy atom. The molecule has 0 unspecified atom stereocenters. The molecule has 0 saturated carbocycles. The second-order valence-corrected chi connectivity index (χ2v) is 7.86. The van der Waals surface area contributed by atoms with Gasteiger partial charge in [0.15, 0.2) is 0 Å². The molecule has 0 atom stereocenters. The van der Waals surface area contributed by atoms with Crippen LogP contribution in [-0.2, 0) is 13.3 Å². The molecule has 110 valence electrons. The molecular weight excluding hydrogens is 246 g/mol. The molecule has 0 spiro atoms. The lowest BCUT2D eigenvalue weighted by molar-refractivity contribution is 0.0410. The van der Waals surface area contributed by atoms with Gasteiger partial charge in [0.2, 0.25) is 0 Å². The second-order valence-electron chi connectivity index (χ2n) is 5.22. The molecule has 0 aliphatic heterocycles. The Morgan fingerprint density at radius 3 is 1.61 bits per heavy atom. The van der Waals surface area contributed by atoms with Crippen molar-refractivity contribution in [3.8, 4) is 0 Å². The van der Waals surface area contributed by atoms with Crippen LogP contribution in [-0.4, -0.2) is 34.8 Å². The summed E-state index contributed by atoms with van der Waals surface area (Å²) >= 11 is 0. The molecule has 0 aromatic rings. The normalized spacial score (nSPS) is 13.0. The largest absolute Gasteiger partial charge is 0.515 e. The first-order chi connectivity index (χ1) is 8.42. The molecule has 0 amide bonds. The zero-order valence-electron chi connectivity index (χ0n) is 12.9. The van der Waals surface area contributed by atoms with Crippen molar-refractivity contribution >= 4 is 8.80 Å². The Morgan fingerprint density at radius 2 is 1.33 bits per heavy atom. The molecule has 0 aromatic carbocycles. The van der Waals surface area contributed by atoms with E-state index in [4.69, 9.17) is 19.0 Å². The molecule has 4 nitrogen and oxygen atoms in total. The second kappa shape index (κ2) is 9.04. The van der Waals surface area contributed by atoms with Crippen LogP contribution in [0.2, 0.25) is 0 Å². The Balaban J connectivity index is 4.56. The van der Waals surface area contributed by atoms with E-state index >= 15 is 0 Å². The zero-order chi connectivity index (χ0) is 14.2. The maximum Gasteiger partial charge on any atom is 0.515 e. The molecule has 0 rings (SSSR count). The van der Waals surface area contributed by atoms with E-state index in [9.17, 15) is 0 Å². The minimum atomic E-state index is -2.65. The van der Waals surface area contributed by atoms with Crippen molar-refractivity contribution in [2.75, 3.05) is 26.0 Å². The van der Waals surface area contributed by atoms with Crippen LogP contribution in [0.5, 0.6) is 0 Å². The molecule has 18 heavy (non-hydrogen) atoms. The van der Waals surface area contributed by atoms with Gasteiger partial charge in [-0.2, -0.15) is 0 Å². The van der Waals surface area contributed by atoms with Crippen LogP contribution in [0.3, 0.4) is 0 Å². The topological polar surface area (TPSA) is 53.7 Å². The molecule has 0 aliphatic carbocycles. The third kappa shape index (κ3) is 5.80. The third-order valence-electron chi connectivity index (χ3n) is 3.19. The van der Waals surface area contributed by atoms with Gasteiger partial charge in [0.25, 0.3) is 0 Å². The van der Waals surface area contributed by atoms with E-state index in [1.165, 1.54) is 0 Å².